The standard InChI is InChI=1S/C4H3F5/c5-3(6)1-2-4(7,8)9/h1-3H/b2-1+. The molecule has 0 saturated carbocycles. The van der Waals surface area contributed by atoms with Crippen molar-refractivity contribution in [3.05, 3.63) is 12.2 Å². The van der Waals surface area contributed by atoms with Crippen molar-refractivity contribution >= 4 is 0 Å². The van der Waals surface area contributed by atoms with Gasteiger partial charge in [-0.1, -0.05) is 0 Å². The first-order valence-corrected chi connectivity index (χ1v) is 1.96. The van der Waals surface area contributed by atoms with Crippen molar-refractivity contribution in [1.82, 2.24) is 0 Å². The predicted octanol–water partition coefficient (Wildman–Crippen LogP) is 2.37. The molecule has 0 amide bonds. The minimum absolute atomic E-state index is 0.208. The molecular weight excluding hydrogens is 143 g/mol. The van der Waals surface area contributed by atoms with Crippen LogP contribution in [-0.4, -0.2) is 12.6 Å². The summed E-state index contributed by atoms with van der Waals surface area (Å²) in [4.78, 5) is 0. The van der Waals surface area contributed by atoms with Gasteiger partial charge in [0.15, 0.2) is 0 Å². The average molecular weight is 146 g/mol. The van der Waals surface area contributed by atoms with Crippen LogP contribution in [0.15, 0.2) is 12.2 Å². The molecule has 0 bridgehead atoms. The van der Waals surface area contributed by atoms with Crippen molar-refractivity contribution in [2.75, 3.05) is 0 Å². The molecule has 0 aliphatic rings. The quantitative estimate of drug-likeness (QED) is 0.393. The van der Waals surface area contributed by atoms with Crippen LogP contribution < -0.4 is 0 Å². The zero-order valence-corrected chi connectivity index (χ0v) is 4.12. The summed E-state index contributed by atoms with van der Waals surface area (Å²) in [6.45, 7) is 0. The molecule has 0 saturated heterocycles. The molecule has 0 aromatic rings. The fourth-order valence-electron chi connectivity index (χ4n) is 0.182. The second kappa shape index (κ2) is 2.80. The lowest BCUT2D eigenvalue weighted by Gasteiger charge is -1.95. The molecule has 0 rings (SSSR count). The highest BCUT2D eigenvalue weighted by Crippen LogP contribution is 2.16. The van der Waals surface area contributed by atoms with Gasteiger partial charge in [-0.3, -0.25) is 0 Å². The SMILES string of the molecule is FC(F)/C=C/C(F)(F)F. The van der Waals surface area contributed by atoms with Gasteiger partial charge in [-0.25, -0.2) is 8.78 Å². The van der Waals surface area contributed by atoms with Crippen molar-refractivity contribution in [3.8, 4) is 0 Å². The van der Waals surface area contributed by atoms with E-state index in [0.29, 0.717) is 0 Å². The minimum Gasteiger partial charge on any atom is -0.206 e. The summed E-state index contributed by atoms with van der Waals surface area (Å²) < 4.78 is 54.9. The summed E-state index contributed by atoms with van der Waals surface area (Å²) in [5.74, 6) is 0. The normalized spacial score (nSPS) is 13.6. The molecule has 0 heterocycles. The fourth-order valence-corrected chi connectivity index (χ4v) is 0.182. The number of hydrogen-bond donors (Lipinski definition) is 0. The van der Waals surface area contributed by atoms with E-state index < -0.39 is 18.7 Å². The second-order valence-corrected chi connectivity index (χ2v) is 1.24. The van der Waals surface area contributed by atoms with Gasteiger partial charge in [0.05, 0.1) is 0 Å². The average Bonchev–Trinajstić information content (AvgIpc) is 1.59. The molecule has 0 unspecified atom stereocenters. The van der Waals surface area contributed by atoms with Crippen LogP contribution in [0.2, 0.25) is 0 Å². The molecule has 0 aromatic heterocycles. The van der Waals surface area contributed by atoms with Crippen LogP contribution in [0, 0.1) is 0 Å². The first-order valence-electron chi connectivity index (χ1n) is 1.96. The lowest BCUT2D eigenvalue weighted by molar-refractivity contribution is -0.0807. The Bertz CT molecular complexity index is 100. The Morgan fingerprint density at radius 3 is 1.67 bits per heavy atom. The summed E-state index contributed by atoms with van der Waals surface area (Å²) in [6.07, 6.45) is -8.36. The molecule has 0 aliphatic carbocycles. The first-order chi connectivity index (χ1) is 3.92. The molecule has 5 heteroatoms. The fraction of sp³-hybridized carbons (Fsp3) is 0.500. The zero-order valence-electron chi connectivity index (χ0n) is 4.12. The topological polar surface area (TPSA) is 0 Å². The molecular formula is C4H3F5. The largest absolute Gasteiger partial charge is 0.409 e. The molecule has 0 aromatic carbocycles. The van der Waals surface area contributed by atoms with Gasteiger partial charge in [0, 0.05) is 6.08 Å². The van der Waals surface area contributed by atoms with Crippen molar-refractivity contribution in [2.45, 2.75) is 12.6 Å². The van der Waals surface area contributed by atoms with Gasteiger partial charge in [0.1, 0.15) is 0 Å². The highest BCUT2D eigenvalue weighted by molar-refractivity contribution is 4.90. The molecule has 0 fully saturated rings. The number of allylic oxidation sites excluding steroid dienone is 2. The summed E-state index contributed by atoms with van der Waals surface area (Å²) in [7, 11) is 0. The van der Waals surface area contributed by atoms with Gasteiger partial charge in [-0.15, -0.1) is 0 Å². The maximum absolute atomic E-state index is 11.0. The third-order valence-corrected chi connectivity index (χ3v) is 0.431. The van der Waals surface area contributed by atoms with Crippen molar-refractivity contribution < 1.29 is 22.0 Å². The number of hydrogen-bond acceptors (Lipinski definition) is 0. The van der Waals surface area contributed by atoms with Crippen molar-refractivity contribution in [1.29, 1.82) is 0 Å². The van der Waals surface area contributed by atoms with Crippen LogP contribution >= 0.6 is 0 Å². The number of halogens is 5. The smallest absolute Gasteiger partial charge is 0.206 e. The third kappa shape index (κ3) is 7.39. The van der Waals surface area contributed by atoms with Gasteiger partial charge in [0.2, 0.25) is 0 Å². The molecule has 0 nitrogen and oxygen atoms in total. The zero-order chi connectivity index (χ0) is 7.49. The molecule has 0 atom stereocenters. The van der Waals surface area contributed by atoms with Gasteiger partial charge in [-0.2, -0.15) is 13.2 Å². The number of rotatable bonds is 1. The summed E-state index contributed by atoms with van der Waals surface area (Å²) in [6, 6.07) is 0. The van der Waals surface area contributed by atoms with Gasteiger partial charge < -0.3 is 0 Å². The van der Waals surface area contributed by atoms with E-state index in [1.165, 1.54) is 0 Å². The highest BCUT2D eigenvalue weighted by atomic mass is 19.4. The molecule has 54 valence electrons. The van der Waals surface area contributed by atoms with E-state index in [9.17, 15) is 22.0 Å². The Morgan fingerprint density at radius 1 is 1.11 bits per heavy atom. The minimum atomic E-state index is -4.63. The molecule has 0 N–H and O–H groups in total. The summed E-state index contributed by atoms with van der Waals surface area (Å²) in [5, 5.41) is 0. The Balaban J connectivity index is 3.71. The highest BCUT2D eigenvalue weighted by Gasteiger charge is 2.22. The van der Waals surface area contributed by atoms with Crippen LogP contribution in [0.25, 0.3) is 0 Å². The Hall–Kier alpha value is -0.610. The maximum Gasteiger partial charge on any atom is 0.409 e. The third-order valence-electron chi connectivity index (χ3n) is 0.431. The van der Waals surface area contributed by atoms with E-state index in [4.69, 9.17) is 0 Å². The Morgan fingerprint density at radius 2 is 1.56 bits per heavy atom. The number of alkyl halides is 5. The monoisotopic (exact) mass is 146 g/mol. The molecule has 0 aliphatic heterocycles. The summed E-state index contributed by atoms with van der Waals surface area (Å²) >= 11 is 0. The Kier molecular flexibility index (Phi) is 2.61. The van der Waals surface area contributed by atoms with E-state index in [2.05, 4.69) is 0 Å². The van der Waals surface area contributed by atoms with Crippen LogP contribution in [0.3, 0.4) is 0 Å². The predicted molar refractivity (Wildman–Crippen MR) is 21.2 cm³/mol. The second-order valence-electron chi connectivity index (χ2n) is 1.24. The van der Waals surface area contributed by atoms with Gasteiger partial charge in [-0.05, 0) is 6.08 Å². The maximum atomic E-state index is 11.0. The van der Waals surface area contributed by atoms with Crippen LogP contribution in [0.4, 0.5) is 22.0 Å². The van der Waals surface area contributed by atoms with E-state index in [1.54, 1.807) is 0 Å². The lowest BCUT2D eigenvalue weighted by atomic mass is 10.5. The van der Waals surface area contributed by atoms with E-state index in [-0.39, 0.29) is 6.08 Å². The summed E-state index contributed by atoms with van der Waals surface area (Å²) in [5.41, 5.74) is 0. The van der Waals surface area contributed by atoms with Gasteiger partial charge >= 0.3 is 6.18 Å². The molecule has 9 heavy (non-hydrogen) atoms. The molecule has 0 spiro atoms. The van der Waals surface area contributed by atoms with E-state index in [0.717, 1.165) is 0 Å². The van der Waals surface area contributed by atoms with Crippen LogP contribution in [0.5, 0.6) is 0 Å². The van der Waals surface area contributed by atoms with E-state index in [1.807, 2.05) is 0 Å². The van der Waals surface area contributed by atoms with Crippen LogP contribution in [-0.2, 0) is 0 Å². The lowest BCUT2D eigenvalue weighted by Crippen LogP contribution is -2.01. The Labute approximate surface area is 48.0 Å². The van der Waals surface area contributed by atoms with Crippen molar-refractivity contribution in [3.63, 3.8) is 0 Å². The first kappa shape index (κ1) is 8.39. The van der Waals surface area contributed by atoms with E-state index >= 15 is 0 Å². The molecule has 0 radical (unpaired) electrons. The van der Waals surface area contributed by atoms with Crippen LogP contribution in [0.1, 0.15) is 0 Å². The van der Waals surface area contributed by atoms with Gasteiger partial charge in [0.25, 0.3) is 6.43 Å². The van der Waals surface area contributed by atoms with Crippen molar-refractivity contribution in [2.24, 2.45) is 0 Å².